The van der Waals surface area contributed by atoms with Crippen molar-refractivity contribution in [2.45, 2.75) is 52.8 Å². The van der Waals surface area contributed by atoms with Crippen LogP contribution < -0.4 is 14.8 Å². The number of carbonyl (C=O) groups excluding carboxylic acids is 1. The average Bonchev–Trinajstić information content (AvgIpc) is 2.85. The van der Waals surface area contributed by atoms with Crippen LogP contribution in [0.2, 0.25) is 5.02 Å². The lowest BCUT2D eigenvalue weighted by Crippen LogP contribution is -2.36. The number of anilines is 1. The van der Waals surface area contributed by atoms with E-state index in [4.69, 9.17) is 16.3 Å². The van der Waals surface area contributed by atoms with Gasteiger partial charge in [0.25, 0.3) is 5.91 Å². The van der Waals surface area contributed by atoms with E-state index < -0.39 is 10.0 Å². The summed E-state index contributed by atoms with van der Waals surface area (Å²) < 4.78 is 33.8. The summed E-state index contributed by atoms with van der Waals surface area (Å²) in [4.78, 5) is 14.6. The Morgan fingerprint density at radius 3 is 2.43 bits per heavy atom. The zero-order valence-electron chi connectivity index (χ0n) is 19.1. The number of hydrogen-bond acceptors (Lipinski definition) is 5. The molecule has 4 rings (SSSR count). The van der Waals surface area contributed by atoms with Crippen LogP contribution in [0.25, 0.3) is 0 Å². The second-order valence-electron chi connectivity index (χ2n) is 8.30. The Labute approximate surface area is 215 Å². The van der Waals surface area contributed by atoms with Crippen LogP contribution in [-0.2, 0) is 14.8 Å². The van der Waals surface area contributed by atoms with Gasteiger partial charge in [-0.3, -0.25) is 4.79 Å². The Morgan fingerprint density at radius 2 is 1.69 bits per heavy atom. The first-order valence-corrected chi connectivity index (χ1v) is 14.1. The number of amides is 1. The van der Waals surface area contributed by atoms with Gasteiger partial charge in [0.1, 0.15) is 5.75 Å². The van der Waals surface area contributed by atoms with Crippen molar-refractivity contribution in [3.05, 3.63) is 77.8 Å². The molecular formula is C26H27ClN2O4S2. The number of para-hydroxylation sites is 1. The Bertz CT molecular complexity index is 1260. The van der Waals surface area contributed by atoms with Crippen molar-refractivity contribution in [2.75, 3.05) is 11.9 Å². The van der Waals surface area contributed by atoms with E-state index >= 15 is 0 Å². The molecule has 3 aromatic carbocycles. The molecule has 1 saturated carbocycles. The second-order valence-corrected chi connectivity index (χ2v) is 11.5. The third-order valence-corrected chi connectivity index (χ3v) is 8.53. The van der Waals surface area contributed by atoms with Gasteiger partial charge in [-0.25, -0.2) is 13.1 Å². The Kier molecular flexibility index (Phi) is 8.73. The van der Waals surface area contributed by atoms with E-state index in [1.807, 2.05) is 54.6 Å². The lowest BCUT2D eigenvalue weighted by molar-refractivity contribution is -0.118. The molecule has 2 N–H and O–H groups in total. The summed E-state index contributed by atoms with van der Waals surface area (Å²) in [6.45, 7) is -0.267. The maximum atomic E-state index is 12.7. The summed E-state index contributed by atoms with van der Waals surface area (Å²) in [5.74, 6) is -0.108. The van der Waals surface area contributed by atoms with E-state index in [0.29, 0.717) is 5.69 Å². The highest BCUT2D eigenvalue weighted by molar-refractivity contribution is 7.99. The number of halogens is 1. The molecule has 0 aromatic heterocycles. The van der Waals surface area contributed by atoms with Crippen LogP contribution in [0, 0.1) is 0 Å². The molecule has 1 amide bonds. The molecule has 0 saturated heterocycles. The predicted octanol–water partition coefficient (Wildman–Crippen LogP) is 6.12. The minimum Gasteiger partial charge on any atom is -0.482 e. The lowest BCUT2D eigenvalue weighted by atomic mass is 9.96. The fraction of sp³-hybridized carbons (Fsp3) is 0.269. The molecular weight excluding hydrogens is 504 g/mol. The highest BCUT2D eigenvalue weighted by atomic mass is 35.5. The molecule has 0 radical (unpaired) electrons. The molecule has 1 aliphatic carbocycles. The van der Waals surface area contributed by atoms with Gasteiger partial charge in [-0.15, -0.1) is 0 Å². The number of carbonyl (C=O) groups is 1. The molecule has 184 valence electrons. The van der Waals surface area contributed by atoms with Gasteiger partial charge >= 0.3 is 0 Å². The maximum Gasteiger partial charge on any atom is 0.262 e. The zero-order valence-corrected chi connectivity index (χ0v) is 21.5. The van der Waals surface area contributed by atoms with Gasteiger partial charge in [-0.2, -0.15) is 0 Å². The van der Waals surface area contributed by atoms with Gasteiger partial charge in [0.15, 0.2) is 6.61 Å². The molecule has 0 unspecified atom stereocenters. The Balaban J connectivity index is 1.36. The Morgan fingerprint density at radius 1 is 0.971 bits per heavy atom. The van der Waals surface area contributed by atoms with Crippen molar-refractivity contribution in [2.24, 2.45) is 0 Å². The molecule has 35 heavy (non-hydrogen) atoms. The van der Waals surface area contributed by atoms with E-state index in [0.717, 1.165) is 41.9 Å². The van der Waals surface area contributed by atoms with E-state index in [1.165, 1.54) is 18.2 Å². The summed E-state index contributed by atoms with van der Waals surface area (Å²) in [7, 11) is -3.67. The minimum atomic E-state index is -3.67. The van der Waals surface area contributed by atoms with Gasteiger partial charge in [0.2, 0.25) is 10.0 Å². The van der Waals surface area contributed by atoms with E-state index in [9.17, 15) is 13.2 Å². The van der Waals surface area contributed by atoms with Crippen molar-refractivity contribution < 1.29 is 17.9 Å². The smallest absolute Gasteiger partial charge is 0.262 e. The van der Waals surface area contributed by atoms with Crippen molar-refractivity contribution in [3.8, 4) is 5.75 Å². The largest absolute Gasteiger partial charge is 0.482 e. The third-order valence-electron chi connectivity index (χ3n) is 5.63. The van der Waals surface area contributed by atoms with Gasteiger partial charge in [0, 0.05) is 15.8 Å². The third kappa shape index (κ3) is 7.24. The van der Waals surface area contributed by atoms with Gasteiger partial charge in [-0.1, -0.05) is 73.0 Å². The van der Waals surface area contributed by atoms with Crippen LogP contribution in [-0.4, -0.2) is 27.0 Å². The highest BCUT2D eigenvalue weighted by Gasteiger charge is 2.23. The van der Waals surface area contributed by atoms with Gasteiger partial charge < -0.3 is 10.1 Å². The van der Waals surface area contributed by atoms with Crippen LogP contribution in [0.1, 0.15) is 32.1 Å². The number of benzene rings is 3. The number of sulfonamides is 1. The lowest BCUT2D eigenvalue weighted by Gasteiger charge is -2.22. The number of hydrogen-bond donors (Lipinski definition) is 2. The molecule has 1 aliphatic rings. The van der Waals surface area contributed by atoms with Crippen LogP contribution >= 0.6 is 23.4 Å². The van der Waals surface area contributed by atoms with Crippen LogP contribution in [0.5, 0.6) is 5.75 Å². The fourth-order valence-corrected chi connectivity index (χ4v) is 6.43. The van der Waals surface area contributed by atoms with Gasteiger partial charge in [-0.05, 0) is 55.3 Å². The SMILES string of the molecule is O=C(COc1ccc(S(=O)(=O)NC2CCCCC2)cc1Cl)Nc1ccccc1Sc1ccccc1. The van der Waals surface area contributed by atoms with Gasteiger partial charge in [0.05, 0.1) is 15.6 Å². The normalized spacial score (nSPS) is 14.4. The fourth-order valence-electron chi connectivity index (χ4n) is 3.88. The first kappa shape index (κ1) is 25.6. The minimum absolute atomic E-state index is 0.0462. The summed E-state index contributed by atoms with van der Waals surface area (Å²) in [5, 5.41) is 3.00. The highest BCUT2D eigenvalue weighted by Crippen LogP contribution is 2.33. The van der Waals surface area contributed by atoms with Crippen LogP contribution in [0.4, 0.5) is 5.69 Å². The second kappa shape index (κ2) is 11.9. The topological polar surface area (TPSA) is 84.5 Å². The number of rotatable bonds is 9. The first-order chi connectivity index (χ1) is 16.9. The average molecular weight is 531 g/mol. The van der Waals surface area contributed by atoms with E-state index in [2.05, 4.69) is 10.0 Å². The monoisotopic (exact) mass is 530 g/mol. The van der Waals surface area contributed by atoms with Crippen LogP contribution in [0.15, 0.2) is 87.5 Å². The maximum absolute atomic E-state index is 12.7. The molecule has 6 nitrogen and oxygen atoms in total. The van der Waals surface area contributed by atoms with Crippen molar-refractivity contribution >= 4 is 45.0 Å². The van der Waals surface area contributed by atoms with Crippen molar-refractivity contribution in [1.82, 2.24) is 4.72 Å². The quantitative estimate of drug-likeness (QED) is 0.348. The summed E-state index contributed by atoms with van der Waals surface area (Å²) in [6.07, 6.45) is 4.88. The molecule has 0 heterocycles. The Hall–Kier alpha value is -2.52. The van der Waals surface area contributed by atoms with E-state index in [-0.39, 0.29) is 34.2 Å². The molecule has 1 fully saturated rings. The molecule has 0 spiro atoms. The predicted molar refractivity (Wildman–Crippen MR) is 140 cm³/mol. The van der Waals surface area contributed by atoms with Crippen molar-refractivity contribution in [3.63, 3.8) is 0 Å². The summed E-state index contributed by atoms with van der Waals surface area (Å²) >= 11 is 7.83. The molecule has 9 heteroatoms. The zero-order chi connectivity index (χ0) is 24.7. The van der Waals surface area contributed by atoms with E-state index in [1.54, 1.807) is 11.8 Å². The molecule has 0 atom stereocenters. The van der Waals surface area contributed by atoms with Crippen molar-refractivity contribution in [1.29, 1.82) is 0 Å². The molecule has 0 bridgehead atoms. The molecule has 3 aromatic rings. The first-order valence-electron chi connectivity index (χ1n) is 11.5. The number of nitrogens with one attached hydrogen (secondary N) is 2. The standard InChI is InChI=1S/C26H27ClN2O4S2/c27-22-17-21(35(31,32)29-19-9-3-1-4-10-19)15-16-24(22)33-18-26(30)28-23-13-7-8-14-25(23)34-20-11-5-2-6-12-20/h2,5-8,11-17,19,29H,1,3-4,9-10,18H2,(H,28,30). The van der Waals surface area contributed by atoms with Crippen LogP contribution in [0.3, 0.4) is 0 Å². The number of ether oxygens (including phenoxy) is 1. The molecule has 0 aliphatic heterocycles. The summed E-state index contributed by atoms with van der Waals surface area (Å²) in [6, 6.07) is 21.6. The summed E-state index contributed by atoms with van der Waals surface area (Å²) in [5.41, 5.74) is 0.677.